The normalized spacial score (nSPS) is 30.5. The molecule has 4 nitrogen and oxygen atoms in total. The molecule has 0 saturated carbocycles. The van der Waals surface area contributed by atoms with Gasteiger partial charge in [-0.05, 0) is 51.5 Å². The Labute approximate surface area is 150 Å². The monoisotopic (exact) mass is 344 g/mol. The Morgan fingerprint density at radius 1 is 0.960 bits per heavy atom. The van der Waals surface area contributed by atoms with E-state index in [1.54, 1.807) is 0 Å². The second-order valence-electron chi connectivity index (χ2n) is 8.25. The number of benzene rings is 1. The molecule has 2 aliphatic heterocycles. The van der Waals surface area contributed by atoms with Crippen molar-refractivity contribution < 1.29 is 18.9 Å². The minimum atomic E-state index is -0.320. The Hall–Kier alpha value is -1.52. The average molecular weight is 344 g/mol. The highest BCUT2D eigenvalue weighted by molar-refractivity contribution is 5.40. The van der Waals surface area contributed by atoms with Gasteiger partial charge in [-0.1, -0.05) is 12.1 Å². The van der Waals surface area contributed by atoms with Crippen molar-refractivity contribution >= 4 is 0 Å². The maximum Gasteiger partial charge on any atom is 0.131 e. The summed E-state index contributed by atoms with van der Waals surface area (Å²) < 4.78 is 24.0. The zero-order valence-corrected chi connectivity index (χ0v) is 15.6. The molecule has 4 rings (SSSR count). The first-order valence-corrected chi connectivity index (χ1v) is 9.29. The molecule has 2 atom stereocenters. The van der Waals surface area contributed by atoms with E-state index in [1.165, 1.54) is 5.56 Å². The van der Waals surface area contributed by atoms with Crippen molar-refractivity contribution in [3.8, 4) is 5.75 Å². The summed E-state index contributed by atoms with van der Waals surface area (Å²) in [4.78, 5) is 0. The molecular formula is C21H28O4. The Kier molecular flexibility index (Phi) is 4.08. The van der Waals surface area contributed by atoms with Gasteiger partial charge in [-0.15, -0.1) is 0 Å². The standard InChI is InChI=1S/C21H28O4/c1-20(2)21(3,4)25-19-17(13-18(19)24-20)14-5-7-15(8-6-14)23-16-9-11-22-12-10-16/h5-8,13,16-17,19H,9-12H2,1-4H3. The molecule has 0 amide bonds. The molecule has 1 aromatic carbocycles. The van der Waals surface area contributed by atoms with Gasteiger partial charge in [-0.2, -0.15) is 0 Å². The molecule has 2 unspecified atom stereocenters. The second kappa shape index (κ2) is 6.03. The van der Waals surface area contributed by atoms with E-state index in [-0.39, 0.29) is 29.3 Å². The number of hydrogen-bond acceptors (Lipinski definition) is 4. The summed E-state index contributed by atoms with van der Waals surface area (Å²) >= 11 is 0. The summed E-state index contributed by atoms with van der Waals surface area (Å²) in [7, 11) is 0. The Balaban J connectivity index is 1.44. The van der Waals surface area contributed by atoms with Crippen LogP contribution in [0.4, 0.5) is 0 Å². The van der Waals surface area contributed by atoms with Gasteiger partial charge in [0.25, 0.3) is 0 Å². The number of hydrogen-bond donors (Lipinski definition) is 0. The lowest BCUT2D eigenvalue weighted by Gasteiger charge is -2.54. The Bertz CT molecular complexity index is 653. The molecule has 0 aromatic heterocycles. The van der Waals surface area contributed by atoms with Crippen molar-refractivity contribution in [2.24, 2.45) is 0 Å². The third-order valence-corrected chi connectivity index (χ3v) is 5.93. The van der Waals surface area contributed by atoms with Crippen LogP contribution in [0.2, 0.25) is 0 Å². The molecule has 2 saturated heterocycles. The molecule has 2 fully saturated rings. The highest BCUT2D eigenvalue weighted by atomic mass is 16.6. The first-order chi connectivity index (χ1) is 11.9. The SMILES string of the molecule is CC1(C)OC2=CC(c3ccc(OC4CCOCC4)cc3)C2OC1(C)C. The highest BCUT2D eigenvalue weighted by Crippen LogP contribution is 2.49. The lowest BCUT2D eigenvalue weighted by Crippen LogP contribution is -2.59. The van der Waals surface area contributed by atoms with E-state index in [0.29, 0.717) is 0 Å². The summed E-state index contributed by atoms with van der Waals surface area (Å²) in [6, 6.07) is 8.41. The first-order valence-electron chi connectivity index (χ1n) is 9.29. The van der Waals surface area contributed by atoms with Crippen LogP contribution in [-0.4, -0.2) is 36.6 Å². The van der Waals surface area contributed by atoms with Crippen molar-refractivity contribution in [2.45, 2.75) is 69.9 Å². The lowest BCUT2D eigenvalue weighted by molar-refractivity contribution is -0.243. The van der Waals surface area contributed by atoms with Gasteiger partial charge in [0.1, 0.15) is 34.9 Å². The number of rotatable bonds is 3. The Morgan fingerprint density at radius 2 is 1.64 bits per heavy atom. The van der Waals surface area contributed by atoms with Gasteiger partial charge in [0.2, 0.25) is 0 Å². The van der Waals surface area contributed by atoms with E-state index in [1.807, 2.05) is 0 Å². The van der Waals surface area contributed by atoms with Crippen LogP contribution in [0.1, 0.15) is 52.0 Å². The zero-order valence-electron chi connectivity index (χ0n) is 15.6. The molecule has 1 aliphatic carbocycles. The Morgan fingerprint density at radius 3 is 2.32 bits per heavy atom. The van der Waals surface area contributed by atoms with Crippen LogP contribution in [0, 0.1) is 0 Å². The fourth-order valence-electron chi connectivity index (χ4n) is 3.54. The number of ether oxygens (including phenoxy) is 4. The molecule has 3 aliphatic rings. The summed E-state index contributed by atoms with van der Waals surface area (Å²) in [5.41, 5.74) is 0.605. The van der Waals surface area contributed by atoms with Crippen molar-refractivity contribution in [1.29, 1.82) is 0 Å². The van der Waals surface area contributed by atoms with E-state index in [0.717, 1.165) is 37.6 Å². The lowest BCUT2D eigenvalue weighted by atomic mass is 9.78. The molecule has 136 valence electrons. The number of fused-ring (bicyclic) bond motifs is 1. The highest BCUT2D eigenvalue weighted by Gasteiger charge is 2.53. The van der Waals surface area contributed by atoms with E-state index >= 15 is 0 Å². The van der Waals surface area contributed by atoms with Gasteiger partial charge >= 0.3 is 0 Å². The zero-order chi connectivity index (χ0) is 17.7. The van der Waals surface area contributed by atoms with Gasteiger partial charge < -0.3 is 18.9 Å². The fraction of sp³-hybridized carbons (Fsp3) is 0.619. The average Bonchev–Trinajstić information content (AvgIpc) is 2.57. The van der Waals surface area contributed by atoms with Crippen LogP contribution in [-0.2, 0) is 14.2 Å². The fourth-order valence-corrected chi connectivity index (χ4v) is 3.54. The van der Waals surface area contributed by atoms with Crippen molar-refractivity contribution in [3.05, 3.63) is 41.7 Å². The van der Waals surface area contributed by atoms with E-state index in [9.17, 15) is 0 Å². The van der Waals surface area contributed by atoms with Gasteiger partial charge in [-0.25, -0.2) is 0 Å². The van der Waals surface area contributed by atoms with Gasteiger partial charge in [0.15, 0.2) is 0 Å². The molecule has 2 heterocycles. The predicted molar refractivity (Wildman–Crippen MR) is 95.9 cm³/mol. The molecule has 4 heteroatoms. The van der Waals surface area contributed by atoms with Gasteiger partial charge in [0.05, 0.1) is 13.2 Å². The third-order valence-electron chi connectivity index (χ3n) is 5.93. The molecule has 25 heavy (non-hydrogen) atoms. The third kappa shape index (κ3) is 3.06. The van der Waals surface area contributed by atoms with Crippen LogP contribution >= 0.6 is 0 Å². The topological polar surface area (TPSA) is 36.9 Å². The van der Waals surface area contributed by atoms with Crippen molar-refractivity contribution in [2.75, 3.05) is 13.2 Å². The van der Waals surface area contributed by atoms with Crippen LogP contribution in [0.3, 0.4) is 0 Å². The quantitative estimate of drug-likeness (QED) is 0.823. The van der Waals surface area contributed by atoms with E-state index in [2.05, 4.69) is 58.0 Å². The van der Waals surface area contributed by atoms with Crippen LogP contribution < -0.4 is 4.74 Å². The summed E-state index contributed by atoms with van der Waals surface area (Å²) in [5.74, 6) is 2.15. The summed E-state index contributed by atoms with van der Waals surface area (Å²) in [6.45, 7) is 9.96. The molecular weight excluding hydrogens is 316 g/mol. The predicted octanol–water partition coefficient (Wildman–Crippen LogP) is 4.20. The minimum absolute atomic E-state index is 0.0188. The smallest absolute Gasteiger partial charge is 0.131 e. The summed E-state index contributed by atoms with van der Waals surface area (Å²) in [5, 5.41) is 0. The maximum absolute atomic E-state index is 6.37. The van der Waals surface area contributed by atoms with Crippen LogP contribution in [0.5, 0.6) is 5.75 Å². The largest absolute Gasteiger partial charge is 0.490 e. The summed E-state index contributed by atoms with van der Waals surface area (Å²) in [6.07, 6.45) is 4.40. The van der Waals surface area contributed by atoms with Crippen LogP contribution in [0.25, 0.3) is 0 Å². The van der Waals surface area contributed by atoms with Gasteiger partial charge in [-0.3, -0.25) is 0 Å². The van der Waals surface area contributed by atoms with E-state index in [4.69, 9.17) is 18.9 Å². The van der Waals surface area contributed by atoms with E-state index < -0.39 is 0 Å². The van der Waals surface area contributed by atoms with Crippen molar-refractivity contribution in [3.63, 3.8) is 0 Å². The molecule has 0 bridgehead atoms. The molecule has 0 spiro atoms. The molecule has 1 aromatic rings. The van der Waals surface area contributed by atoms with Crippen molar-refractivity contribution in [1.82, 2.24) is 0 Å². The first kappa shape index (κ1) is 16.9. The molecule has 0 radical (unpaired) electrons. The second-order valence-corrected chi connectivity index (χ2v) is 8.25. The van der Waals surface area contributed by atoms with Gasteiger partial charge in [0, 0.05) is 18.8 Å². The van der Waals surface area contributed by atoms with Crippen LogP contribution in [0.15, 0.2) is 36.1 Å². The molecule has 0 N–H and O–H groups in total. The maximum atomic E-state index is 6.37. The minimum Gasteiger partial charge on any atom is -0.490 e.